The predicted octanol–water partition coefficient (Wildman–Crippen LogP) is 11.5. The van der Waals surface area contributed by atoms with Crippen LogP contribution in [-0.2, 0) is 23.7 Å². The average molecular weight is 1090 g/mol. The Morgan fingerprint density at radius 2 is 0.816 bits per heavy atom. The number of aliphatic hydroxyl groups is 8. The van der Waals surface area contributed by atoms with Crippen molar-refractivity contribution in [2.75, 3.05) is 19.8 Å². The Bertz CT molecular complexity index is 1330. The van der Waals surface area contributed by atoms with Gasteiger partial charge in [-0.1, -0.05) is 270 Å². The fourth-order valence-corrected chi connectivity index (χ4v) is 10.8. The summed E-state index contributed by atoms with van der Waals surface area (Å²) in [6, 6.07) is -0.909. The molecule has 0 radical (unpaired) electrons. The Hall–Kier alpha value is -1.27. The molecule has 0 spiro atoms. The van der Waals surface area contributed by atoms with E-state index in [4.69, 9.17) is 18.9 Å². The summed E-state index contributed by atoms with van der Waals surface area (Å²) in [6.45, 7) is 2.83. The molecule has 2 saturated heterocycles. The molecule has 1 amide bonds. The molecule has 0 aliphatic carbocycles. The van der Waals surface area contributed by atoms with Gasteiger partial charge in [0.05, 0.1) is 32.0 Å². The molecule has 14 heteroatoms. The summed E-state index contributed by atoms with van der Waals surface area (Å²) >= 11 is 0. The molecule has 2 fully saturated rings. The lowest BCUT2D eigenvalue weighted by atomic mass is 9.97. The lowest BCUT2D eigenvalue weighted by molar-refractivity contribution is -0.359. The number of carbonyl (C=O) groups is 1. The molecule has 4 unspecified atom stereocenters. The van der Waals surface area contributed by atoms with Crippen molar-refractivity contribution in [1.82, 2.24) is 5.32 Å². The number of rotatable bonds is 52. The topological polar surface area (TPSA) is 228 Å². The summed E-state index contributed by atoms with van der Waals surface area (Å²) in [5.74, 6) is -0.233. The number of hydrogen-bond acceptors (Lipinski definition) is 13. The summed E-state index contributed by atoms with van der Waals surface area (Å²) in [5, 5.41) is 87.1. The van der Waals surface area contributed by atoms with Crippen LogP contribution in [0.3, 0.4) is 0 Å². The number of ether oxygens (including phenoxy) is 4. The summed E-state index contributed by atoms with van der Waals surface area (Å²) in [4.78, 5) is 13.3. The normalized spacial score (nSPS) is 24.9. The van der Waals surface area contributed by atoms with Gasteiger partial charge in [0.15, 0.2) is 12.6 Å². The number of allylic oxidation sites excluding steroid dienone is 1. The molecule has 0 saturated carbocycles. The molecule has 76 heavy (non-hydrogen) atoms. The van der Waals surface area contributed by atoms with Crippen LogP contribution in [0.1, 0.15) is 284 Å². The highest BCUT2D eigenvalue weighted by Crippen LogP contribution is 2.30. The standard InChI is InChI=1S/C62H119NO13/c1-3-5-7-9-11-13-15-17-19-20-21-22-23-24-25-26-27-28-29-30-31-32-34-36-38-40-42-44-46-54(67)63-50(51(66)45-43-41-39-37-35-33-18-16-14-12-10-8-6-4-2)49-73-61-59(72)57(70)60(53(48-65)75-61)76-62-58(71)56(69)55(68)52(47-64)74-62/h43,45,50-53,55-62,64-66,68-72H,3-42,44,46-49H2,1-2H3,(H,63,67)/b45-43+/t50-,51+,52+,53+,55-,56?,57?,58?,59?,60+,61+,62-/m0/s1. The van der Waals surface area contributed by atoms with E-state index in [0.29, 0.717) is 6.42 Å². The molecular weight excluding hydrogens is 967 g/mol. The number of amides is 1. The Kier molecular flexibility index (Phi) is 45.1. The molecule has 14 nitrogen and oxygen atoms in total. The third kappa shape index (κ3) is 33.5. The third-order valence-electron chi connectivity index (χ3n) is 16.0. The maximum absolute atomic E-state index is 13.3. The first kappa shape index (κ1) is 70.8. The smallest absolute Gasteiger partial charge is 0.220 e. The lowest BCUT2D eigenvalue weighted by Crippen LogP contribution is -2.65. The SMILES string of the molecule is CCCCCCCCCCCCCC/C=C/[C@@H](O)[C@H](CO[C@@H]1O[C@H](CO)[C@@H](O[C@@H]2O[C@H](CO)[C@H](O)C(O)C2O)C(O)C1O)NC(=O)CCCCCCCCCCCCCCCCCCCCCCCCCCCCCC. The summed E-state index contributed by atoms with van der Waals surface area (Å²) in [6.07, 6.45) is 39.8. The molecule has 0 bridgehead atoms. The van der Waals surface area contributed by atoms with Crippen molar-refractivity contribution in [3.8, 4) is 0 Å². The van der Waals surface area contributed by atoms with E-state index in [1.165, 1.54) is 218 Å². The van der Waals surface area contributed by atoms with Gasteiger partial charge in [-0.2, -0.15) is 0 Å². The molecular formula is C62H119NO13. The Morgan fingerprint density at radius 1 is 0.461 bits per heavy atom. The largest absolute Gasteiger partial charge is 0.394 e. The molecule has 0 aromatic heterocycles. The molecule has 12 atom stereocenters. The fraction of sp³-hybridized carbons (Fsp3) is 0.952. The van der Waals surface area contributed by atoms with Crippen LogP contribution in [-0.4, -0.2) is 140 Å². The van der Waals surface area contributed by atoms with E-state index in [1.54, 1.807) is 6.08 Å². The number of hydrogen-bond donors (Lipinski definition) is 9. The van der Waals surface area contributed by atoms with Crippen molar-refractivity contribution in [2.45, 2.75) is 357 Å². The van der Waals surface area contributed by atoms with E-state index in [9.17, 15) is 45.6 Å². The first-order valence-corrected chi connectivity index (χ1v) is 31.9. The summed E-state index contributed by atoms with van der Waals surface area (Å²) in [7, 11) is 0. The van der Waals surface area contributed by atoms with Gasteiger partial charge in [-0.25, -0.2) is 0 Å². The van der Waals surface area contributed by atoms with Crippen LogP contribution in [0.15, 0.2) is 12.2 Å². The lowest BCUT2D eigenvalue weighted by Gasteiger charge is -2.46. The van der Waals surface area contributed by atoms with Crippen molar-refractivity contribution in [2.24, 2.45) is 0 Å². The maximum Gasteiger partial charge on any atom is 0.220 e. The first-order valence-electron chi connectivity index (χ1n) is 31.9. The number of carbonyl (C=O) groups excluding carboxylic acids is 1. The Balaban J connectivity index is 1.67. The van der Waals surface area contributed by atoms with Crippen molar-refractivity contribution in [1.29, 1.82) is 0 Å². The molecule has 2 rings (SSSR count). The quantitative estimate of drug-likeness (QED) is 0.0204. The van der Waals surface area contributed by atoms with Crippen LogP contribution in [0, 0.1) is 0 Å². The number of nitrogens with one attached hydrogen (secondary N) is 1. The van der Waals surface area contributed by atoms with Gasteiger partial charge >= 0.3 is 0 Å². The van der Waals surface area contributed by atoms with E-state index >= 15 is 0 Å². The second-order valence-corrected chi connectivity index (χ2v) is 22.9. The maximum atomic E-state index is 13.3. The number of unbranched alkanes of at least 4 members (excludes halogenated alkanes) is 39. The zero-order valence-corrected chi connectivity index (χ0v) is 48.5. The van der Waals surface area contributed by atoms with Crippen LogP contribution in [0.25, 0.3) is 0 Å². The molecule has 2 aliphatic heterocycles. The molecule has 2 aliphatic rings. The van der Waals surface area contributed by atoms with Crippen molar-refractivity contribution >= 4 is 5.91 Å². The monoisotopic (exact) mass is 1090 g/mol. The highest BCUT2D eigenvalue weighted by atomic mass is 16.7. The minimum atomic E-state index is -1.79. The van der Waals surface area contributed by atoms with Crippen LogP contribution < -0.4 is 5.32 Å². The second kappa shape index (κ2) is 48.4. The van der Waals surface area contributed by atoms with Crippen molar-refractivity contribution < 1.29 is 64.6 Å². The van der Waals surface area contributed by atoms with Crippen LogP contribution in [0.4, 0.5) is 0 Å². The van der Waals surface area contributed by atoms with E-state index in [-0.39, 0.29) is 18.9 Å². The third-order valence-corrected chi connectivity index (χ3v) is 16.0. The van der Waals surface area contributed by atoms with Gasteiger partial charge in [-0.05, 0) is 19.3 Å². The van der Waals surface area contributed by atoms with Gasteiger partial charge < -0.3 is 65.1 Å². The van der Waals surface area contributed by atoms with Crippen LogP contribution in [0.5, 0.6) is 0 Å². The summed E-state index contributed by atoms with van der Waals surface area (Å²) in [5.41, 5.74) is 0. The Labute approximate surface area is 463 Å². The van der Waals surface area contributed by atoms with Gasteiger partial charge in [-0.3, -0.25) is 4.79 Å². The molecule has 450 valence electrons. The van der Waals surface area contributed by atoms with E-state index in [1.807, 2.05) is 6.08 Å². The zero-order chi connectivity index (χ0) is 55.3. The molecule has 2 heterocycles. The molecule has 0 aromatic carbocycles. The van der Waals surface area contributed by atoms with Crippen LogP contribution >= 0.6 is 0 Å². The zero-order valence-electron chi connectivity index (χ0n) is 48.5. The fourth-order valence-electron chi connectivity index (χ4n) is 10.8. The van der Waals surface area contributed by atoms with E-state index < -0.39 is 86.8 Å². The van der Waals surface area contributed by atoms with Gasteiger partial charge in [0, 0.05) is 6.42 Å². The van der Waals surface area contributed by atoms with Gasteiger partial charge in [0.1, 0.15) is 48.8 Å². The summed E-state index contributed by atoms with van der Waals surface area (Å²) < 4.78 is 22.8. The van der Waals surface area contributed by atoms with Crippen LogP contribution in [0.2, 0.25) is 0 Å². The highest BCUT2D eigenvalue weighted by Gasteiger charge is 2.51. The van der Waals surface area contributed by atoms with E-state index in [0.717, 1.165) is 38.5 Å². The first-order chi connectivity index (χ1) is 37.1. The van der Waals surface area contributed by atoms with Crippen molar-refractivity contribution in [3.63, 3.8) is 0 Å². The van der Waals surface area contributed by atoms with Gasteiger partial charge in [0.25, 0.3) is 0 Å². The van der Waals surface area contributed by atoms with Gasteiger partial charge in [-0.15, -0.1) is 0 Å². The Morgan fingerprint density at radius 3 is 1.21 bits per heavy atom. The predicted molar refractivity (Wildman–Crippen MR) is 305 cm³/mol. The highest BCUT2D eigenvalue weighted by molar-refractivity contribution is 5.76. The average Bonchev–Trinajstić information content (AvgIpc) is 3.42. The minimum absolute atomic E-state index is 0.233. The molecule has 0 aromatic rings. The number of aliphatic hydroxyl groups excluding tert-OH is 8. The second-order valence-electron chi connectivity index (χ2n) is 22.9. The van der Waals surface area contributed by atoms with Gasteiger partial charge in [0.2, 0.25) is 5.91 Å². The minimum Gasteiger partial charge on any atom is -0.394 e. The van der Waals surface area contributed by atoms with Crippen molar-refractivity contribution in [3.05, 3.63) is 12.2 Å². The molecule has 9 N–H and O–H groups in total. The van der Waals surface area contributed by atoms with E-state index in [2.05, 4.69) is 19.2 Å².